The summed E-state index contributed by atoms with van der Waals surface area (Å²) in [6.07, 6.45) is 7.55. The van der Waals surface area contributed by atoms with Gasteiger partial charge in [-0.3, -0.25) is 9.78 Å². The second kappa shape index (κ2) is 12.5. The van der Waals surface area contributed by atoms with Crippen LogP contribution < -0.4 is 4.74 Å². The lowest BCUT2D eigenvalue weighted by Crippen LogP contribution is -2.42. The van der Waals surface area contributed by atoms with Crippen molar-refractivity contribution in [3.8, 4) is 5.75 Å². The maximum atomic E-state index is 15.8. The first kappa shape index (κ1) is 27.1. The molecule has 0 amide bonds. The SMILES string of the molecule is COc1ccc2ncc(CF)c([C@H](F)CCC3(CC(=O)O)CCN(CCSC4CCCC4)CC3)c2c1. The normalized spacial score (nSPS) is 19.5. The Morgan fingerprint density at radius 2 is 2.06 bits per heavy atom. The zero-order chi connectivity index (χ0) is 25.5. The van der Waals surface area contributed by atoms with E-state index in [1.807, 2.05) is 0 Å². The summed E-state index contributed by atoms with van der Waals surface area (Å²) in [5.74, 6) is 0.849. The van der Waals surface area contributed by atoms with E-state index in [0.717, 1.165) is 43.5 Å². The van der Waals surface area contributed by atoms with Gasteiger partial charge in [0.05, 0.1) is 19.0 Å². The molecule has 1 atom stereocenters. The van der Waals surface area contributed by atoms with Crippen LogP contribution in [0.5, 0.6) is 5.75 Å². The zero-order valence-electron chi connectivity index (χ0n) is 21.2. The van der Waals surface area contributed by atoms with Crippen molar-refractivity contribution in [3.05, 3.63) is 35.5 Å². The highest BCUT2D eigenvalue weighted by Gasteiger charge is 2.37. The van der Waals surface area contributed by atoms with E-state index in [-0.39, 0.29) is 18.4 Å². The largest absolute Gasteiger partial charge is 0.497 e. The summed E-state index contributed by atoms with van der Waals surface area (Å²) < 4.78 is 34.9. The second-order valence-electron chi connectivity index (χ2n) is 10.4. The molecular weight excluding hydrogens is 482 g/mol. The number of hydrogen-bond acceptors (Lipinski definition) is 5. The number of carboxylic acids is 1. The number of carbonyl (C=O) groups is 1. The number of rotatable bonds is 12. The molecule has 0 spiro atoms. The standard InChI is InChI=1S/C28H38F2N2O3S/c1-35-21-6-7-25-23(16-21)27(20(18-29)19-31-25)24(30)8-9-28(17-26(33)34)10-12-32(13-11-28)14-15-36-22-4-2-3-5-22/h6-7,16,19,22,24H,2-5,8-15,17-18H2,1H3,(H,33,34)/t24-/m1/s1. The van der Waals surface area contributed by atoms with Crippen molar-refractivity contribution in [2.75, 3.05) is 32.5 Å². The number of thioether (sulfide) groups is 1. The zero-order valence-corrected chi connectivity index (χ0v) is 22.0. The first-order valence-electron chi connectivity index (χ1n) is 13.1. The van der Waals surface area contributed by atoms with Gasteiger partial charge in [0.2, 0.25) is 0 Å². The number of fused-ring (bicyclic) bond motifs is 1. The molecule has 2 aromatic rings. The fourth-order valence-corrected chi connectivity index (χ4v) is 7.27. The van der Waals surface area contributed by atoms with E-state index in [1.54, 1.807) is 18.2 Å². The average Bonchev–Trinajstić information content (AvgIpc) is 3.40. The lowest BCUT2D eigenvalue weighted by atomic mass is 9.71. The molecule has 1 aromatic carbocycles. The molecule has 1 aromatic heterocycles. The number of pyridine rings is 1. The molecule has 1 saturated carbocycles. The molecule has 5 nitrogen and oxygen atoms in total. The summed E-state index contributed by atoms with van der Waals surface area (Å²) in [4.78, 5) is 18.5. The van der Waals surface area contributed by atoms with Gasteiger partial charge in [0.15, 0.2) is 0 Å². The maximum Gasteiger partial charge on any atom is 0.303 e. The predicted octanol–water partition coefficient (Wildman–Crippen LogP) is 6.74. The predicted molar refractivity (Wildman–Crippen MR) is 141 cm³/mol. The van der Waals surface area contributed by atoms with Crippen LogP contribution in [0.1, 0.15) is 75.1 Å². The maximum absolute atomic E-state index is 15.8. The summed E-state index contributed by atoms with van der Waals surface area (Å²) in [7, 11) is 1.54. The number of ether oxygens (including phenoxy) is 1. The van der Waals surface area contributed by atoms with Crippen LogP contribution in [0.2, 0.25) is 0 Å². The first-order valence-corrected chi connectivity index (χ1v) is 14.2. The minimum atomic E-state index is -1.40. The van der Waals surface area contributed by atoms with Crippen LogP contribution >= 0.6 is 11.8 Å². The van der Waals surface area contributed by atoms with Crippen LogP contribution in [0.3, 0.4) is 0 Å². The van der Waals surface area contributed by atoms with Gasteiger partial charge in [0, 0.05) is 40.3 Å². The molecule has 198 valence electrons. The lowest BCUT2D eigenvalue weighted by Gasteiger charge is -2.41. The molecule has 1 aliphatic heterocycles. The number of carboxylic acid groups (broad SMARTS) is 1. The van der Waals surface area contributed by atoms with E-state index in [1.165, 1.54) is 39.0 Å². The number of nitrogens with zero attached hydrogens (tertiary/aromatic N) is 2. The molecule has 1 N–H and O–H groups in total. The summed E-state index contributed by atoms with van der Waals surface area (Å²) >= 11 is 2.08. The van der Waals surface area contributed by atoms with Crippen molar-refractivity contribution >= 4 is 28.6 Å². The molecule has 36 heavy (non-hydrogen) atoms. The molecule has 0 unspecified atom stereocenters. The van der Waals surface area contributed by atoms with E-state index in [4.69, 9.17) is 4.74 Å². The van der Waals surface area contributed by atoms with Gasteiger partial charge in [-0.05, 0) is 75.2 Å². The number of piperidine rings is 1. The molecule has 2 aliphatic rings. The van der Waals surface area contributed by atoms with Crippen LogP contribution in [0.25, 0.3) is 10.9 Å². The van der Waals surface area contributed by atoms with Gasteiger partial charge in [-0.15, -0.1) is 0 Å². The highest BCUT2D eigenvalue weighted by Crippen LogP contribution is 2.43. The molecule has 1 aliphatic carbocycles. The minimum absolute atomic E-state index is 0.0469. The van der Waals surface area contributed by atoms with Crippen LogP contribution in [0, 0.1) is 5.41 Å². The molecule has 0 bridgehead atoms. The lowest BCUT2D eigenvalue weighted by molar-refractivity contribution is -0.141. The van der Waals surface area contributed by atoms with Gasteiger partial charge in [-0.2, -0.15) is 11.8 Å². The second-order valence-corrected chi connectivity index (χ2v) is 11.8. The number of halogens is 2. The van der Waals surface area contributed by atoms with Crippen LogP contribution in [-0.2, 0) is 11.5 Å². The van der Waals surface area contributed by atoms with Crippen molar-refractivity contribution in [1.82, 2.24) is 9.88 Å². The number of benzene rings is 1. The Kier molecular flexibility index (Phi) is 9.45. The highest BCUT2D eigenvalue weighted by molar-refractivity contribution is 7.99. The molecule has 1 saturated heterocycles. The summed E-state index contributed by atoms with van der Waals surface area (Å²) in [6, 6.07) is 5.21. The molecular formula is C28H38F2N2O3S. The number of aliphatic carboxylic acids is 1. The number of methoxy groups -OCH3 is 1. The van der Waals surface area contributed by atoms with Crippen molar-refractivity contribution in [1.29, 1.82) is 0 Å². The van der Waals surface area contributed by atoms with Gasteiger partial charge in [-0.1, -0.05) is 12.8 Å². The van der Waals surface area contributed by atoms with Crippen molar-refractivity contribution in [2.45, 2.75) is 75.9 Å². The molecule has 4 rings (SSSR count). The Labute approximate surface area is 217 Å². The van der Waals surface area contributed by atoms with Gasteiger partial charge < -0.3 is 14.7 Å². The Morgan fingerprint density at radius 1 is 1.31 bits per heavy atom. The first-order chi connectivity index (χ1) is 17.4. The van der Waals surface area contributed by atoms with Crippen LogP contribution in [-0.4, -0.2) is 58.7 Å². The number of likely N-dealkylation sites (tertiary alicyclic amines) is 1. The van der Waals surface area contributed by atoms with E-state index in [9.17, 15) is 14.3 Å². The fourth-order valence-electron chi connectivity index (χ4n) is 5.90. The van der Waals surface area contributed by atoms with Crippen molar-refractivity contribution in [3.63, 3.8) is 0 Å². The van der Waals surface area contributed by atoms with Gasteiger partial charge in [0.1, 0.15) is 18.6 Å². The number of hydrogen-bond donors (Lipinski definition) is 1. The Hall–Kier alpha value is -1.93. The van der Waals surface area contributed by atoms with E-state index < -0.39 is 24.2 Å². The molecule has 8 heteroatoms. The smallest absolute Gasteiger partial charge is 0.303 e. The van der Waals surface area contributed by atoms with E-state index in [2.05, 4.69) is 21.6 Å². The third kappa shape index (κ3) is 6.68. The highest BCUT2D eigenvalue weighted by atomic mass is 32.2. The average molecular weight is 521 g/mol. The van der Waals surface area contributed by atoms with Gasteiger partial charge in [-0.25, -0.2) is 8.78 Å². The van der Waals surface area contributed by atoms with Crippen molar-refractivity contribution in [2.24, 2.45) is 5.41 Å². The summed E-state index contributed by atoms with van der Waals surface area (Å²) in [5, 5.41) is 11.0. The molecule has 2 fully saturated rings. The van der Waals surface area contributed by atoms with E-state index in [0.29, 0.717) is 28.6 Å². The number of aromatic nitrogens is 1. The Bertz CT molecular complexity index is 1020. The van der Waals surface area contributed by atoms with Gasteiger partial charge >= 0.3 is 5.97 Å². The quantitative estimate of drug-likeness (QED) is 0.335. The Balaban J connectivity index is 1.41. The third-order valence-corrected chi connectivity index (χ3v) is 9.45. The van der Waals surface area contributed by atoms with Crippen molar-refractivity contribution < 1.29 is 23.4 Å². The number of alkyl halides is 2. The molecule has 2 heterocycles. The van der Waals surface area contributed by atoms with Gasteiger partial charge in [0.25, 0.3) is 0 Å². The minimum Gasteiger partial charge on any atom is -0.497 e. The van der Waals surface area contributed by atoms with E-state index >= 15 is 4.39 Å². The molecule has 0 radical (unpaired) electrons. The topological polar surface area (TPSA) is 62.7 Å². The third-order valence-electron chi connectivity index (χ3n) is 8.09. The Morgan fingerprint density at radius 3 is 2.72 bits per heavy atom. The fraction of sp³-hybridized carbons (Fsp3) is 0.643. The monoisotopic (exact) mass is 520 g/mol. The summed E-state index contributed by atoms with van der Waals surface area (Å²) in [6.45, 7) is 1.92. The van der Waals surface area contributed by atoms with Crippen LogP contribution in [0.15, 0.2) is 24.4 Å². The summed E-state index contributed by atoms with van der Waals surface area (Å²) in [5.41, 5.74) is 0.717. The van der Waals surface area contributed by atoms with Crippen LogP contribution in [0.4, 0.5) is 8.78 Å².